The van der Waals surface area contributed by atoms with Crippen LogP contribution in [-0.2, 0) is 6.42 Å². The van der Waals surface area contributed by atoms with Crippen molar-refractivity contribution in [2.45, 2.75) is 38.6 Å². The van der Waals surface area contributed by atoms with E-state index >= 15 is 0 Å². The third-order valence-electron chi connectivity index (χ3n) is 4.07. The van der Waals surface area contributed by atoms with Crippen LogP contribution in [0.15, 0.2) is 6.07 Å². The van der Waals surface area contributed by atoms with Crippen molar-refractivity contribution in [2.24, 2.45) is 0 Å². The Morgan fingerprint density at radius 3 is 2.57 bits per heavy atom. The minimum absolute atomic E-state index is 0.101. The molecule has 124 valence electrons. The first kappa shape index (κ1) is 17.0. The molecular formula is C18H23NO4. The van der Waals surface area contributed by atoms with Crippen LogP contribution in [0.3, 0.4) is 0 Å². The maximum atomic E-state index is 12.6. The molecule has 5 heteroatoms. The molecule has 0 aromatic heterocycles. The van der Waals surface area contributed by atoms with Crippen LogP contribution in [0.5, 0.6) is 17.2 Å². The predicted octanol–water partition coefficient (Wildman–Crippen LogP) is 2.56. The molecular weight excluding hydrogens is 294 g/mol. The van der Waals surface area contributed by atoms with Crippen LogP contribution in [0.2, 0.25) is 0 Å². The number of hydrogen-bond donors (Lipinski definition) is 1. The lowest BCUT2D eigenvalue weighted by Crippen LogP contribution is -2.39. The maximum absolute atomic E-state index is 12.6. The number of amides is 1. The molecule has 23 heavy (non-hydrogen) atoms. The van der Waals surface area contributed by atoms with Gasteiger partial charge in [0.15, 0.2) is 11.5 Å². The summed E-state index contributed by atoms with van der Waals surface area (Å²) in [5, 5.41) is 3.05. The van der Waals surface area contributed by atoms with Gasteiger partial charge in [-0.3, -0.25) is 4.79 Å². The highest BCUT2D eigenvalue weighted by atomic mass is 16.5. The first-order valence-electron chi connectivity index (χ1n) is 7.81. The van der Waals surface area contributed by atoms with Gasteiger partial charge in [0.2, 0.25) is 5.75 Å². The van der Waals surface area contributed by atoms with E-state index in [2.05, 4.69) is 11.2 Å². The molecule has 0 heterocycles. The molecule has 0 aliphatic heterocycles. The summed E-state index contributed by atoms with van der Waals surface area (Å²) in [6.07, 6.45) is 9.12. The molecule has 1 fully saturated rings. The molecule has 1 amide bonds. The first-order chi connectivity index (χ1) is 11.2. The van der Waals surface area contributed by atoms with Gasteiger partial charge in [-0.1, -0.05) is 12.8 Å². The summed E-state index contributed by atoms with van der Waals surface area (Å²) >= 11 is 0. The first-order valence-corrected chi connectivity index (χ1v) is 7.81. The zero-order valence-corrected chi connectivity index (χ0v) is 13.9. The number of nitrogens with one attached hydrogen (secondary N) is 1. The van der Waals surface area contributed by atoms with Crippen molar-refractivity contribution >= 4 is 5.91 Å². The number of carbonyl (C=O) groups is 1. The van der Waals surface area contributed by atoms with Crippen LogP contribution < -0.4 is 19.5 Å². The van der Waals surface area contributed by atoms with Gasteiger partial charge in [0, 0.05) is 11.6 Å². The van der Waals surface area contributed by atoms with Gasteiger partial charge in [-0.05, 0) is 31.7 Å². The second-order valence-corrected chi connectivity index (χ2v) is 5.41. The molecule has 1 aromatic carbocycles. The van der Waals surface area contributed by atoms with Gasteiger partial charge in [0.1, 0.15) is 6.61 Å². The lowest BCUT2D eigenvalue weighted by atomic mass is 9.92. The second-order valence-electron chi connectivity index (χ2n) is 5.41. The Bertz CT molecular complexity index is 614. The molecule has 0 atom stereocenters. The van der Waals surface area contributed by atoms with Crippen molar-refractivity contribution in [3.63, 3.8) is 0 Å². The molecule has 5 nitrogen and oxygen atoms in total. The van der Waals surface area contributed by atoms with E-state index in [4.69, 9.17) is 20.6 Å². The van der Waals surface area contributed by atoms with Gasteiger partial charge in [0.25, 0.3) is 5.91 Å². The molecule has 1 aliphatic carbocycles. The second kappa shape index (κ2) is 7.77. The molecule has 1 saturated carbocycles. The monoisotopic (exact) mass is 317 g/mol. The molecule has 1 aromatic rings. The lowest BCUT2D eigenvalue weighted by Gasteiger charge is -2.27. The summed E-state index contributed by atoms with van der Waals surface area (Å²) in [6.45, 7) is 2.07. The summed E-state index contributed by atoms with van der Waals surface area (Å²) in [4.78, 5) is 12.6. The fourth-order valence-corrected chi connectivity index (χ4v) is 2.64. The summed E-state index contributed by atoms with van der Waals surface area (Å²) in [5.74, 6) is 3.69. The highest BCUT2D eigenvalue weighted by Gasteiger charge is 2.26. The smallest absolute Gasteiger partial charge is 0.252 e. The minimum atomic E-state index is -0.105. The van der Waals surface area contributed by atoms with E-state index in [1.54, 1.807) is 13.2 Å². The van der Waals surface area contributed by atoms with Crippen LogP contribution in [-0.4, -0.2) is 32.8 Å². The lowest BCUT2D eigenvalue weighted by molar-refractivity contribution is 0.0915. The fourth-order valence-electron chi connectivity index (χ4n) is 2.64. The van der Waals surface area contributed by atoms with E-state index in [0.717, 1.165) is 24.8 Å². The largest absolute Gasteiger partial charge is 0.493 e. The Labute approximate surface area is 137 Å². The normalized spacial score (nSPS) is 13.7. The Morgan fingerprint density at radius 1 is 1.35 bits per heavy atom. The summed E-state index contributed by atoms with van der Waals surface area (Å²) in [5.41, 5.74) is 1.35. The van der Waals surface area contributed by atoms with Gasteiger partial charge >= 0.3 is 0 Å². The number of rotatable bonds is 7. The number of carbonyl (C=O) groups excluding carboxylic acids is 1. The van der Waals surface area contributed by atoms with E-state index in [9.17, 15) is 4.79 Å². The quantitative estimate of drug-likeness (QED) is 0.785. The summed E-state index contributed by atoms with van der Waals surface area (Å²) < 4.78 is 16.4. The highest BCUT2D eigenvalue weighted by molar-refractivity contribution is 5.97. The SMILES string of the molecule is C#CCOc1c(OC)cc(C(=O)NC2CCC2)c(CC)c1OC. The van der Waals surface area contributed by atoms with Crippen molar-refractivity contribution in [3.8, 4) is 29.6 Å². The Hall–Kier alpha value is -2.35. The number of terminal acetylenes is 1. The van der Waals surface area contributed by atoms with Crippen LogP contribution in [0, 0.1) is 12.3 Å². The number of benzene rings is 1. The third-order valence-corrected chi connectivity index (χ3v) is 4.07. The highest BCUT2D eigenvalue weighted by Crippen LogP contribution is 2.42. The van der Waals surface area contributed by atoms with Gasteiger partial charge in [-0.2, -0.15) is 0 Å². The molecule has 0 spiro atoms. The average molecular weight is 317 g/mol. The predicted molar refractivity (Wildman–Crippen MR) is 88.4 cm³/mol. The maximum Gasteiger partial charge on any atom is 0.252 e. The van der Waals surface area contributed by atoms with E-state index in [1.165, 1.54) is 7.11 Å². The Kier molecular flexibility index (Phi) is 5.75. The molecule has 0 radical (unpaired) electrons. The summed E-state index contributed by atoms with van der Waals surface area (Å²) in [7, 11) is 3.07. The fraction of sp³-hybridized carbons (Fsp3) is 0.500. The zero-order valence-electron chi connectivity index (χ0n) is 13.9. The van der Waals surface area contributed by atoms with E-state index in [1.807, 2.05) is 6.92 Å². The third kappa shape index (κ3) is 3.53. The Balaban J connectivity index is 2.44. The topological polar surface area (TPSA) is 56.8 Å². The molecule has 2 rings (SSSR count). The molecule has 1 aliphatic rings. The average Bonchev–Trinajstić information content (AvgIpc) is 2.54. The molecule has 0 bridgehead atoms. The van der Waals surface area contributed by atoms with Crippen molar-refractivity contribution in [3.05, 3.63) is 17.2 Å². The number of hydrogen-bond acceptors (Lipinski definition) is 4. The van der Waals surface area contributed by atoms with Crippen molar-refractivity contribution in [1.29, 1.82) is 0 Å². The molecule has 0 unspecified atom stereocenters. The van der Waals surface area contributed by atoms with Gasteiger partial charge in [-0.15, -0.1) is 6.42 Å². The Morgan fingerprint density at radius 2 is 2.09 bits per heavy atom. The van der Waals surface area contributed by atoms with Gasteiger partial charge in [0.05, 0.1) is 19.8 Å². The number of ether oxygens (including phenoxy) is 3. The van der Waals surface area contributed by atoms with Crippen molar-refractivity contribution in [2.75, 3.05) is 20.8 Å². The molecule has 0 saturated heterocycles. The molecule has 1 N–H and O–H groups in total. The standard InChI is InChI=1S/C18H23NO4/c1-5-10-23-17-15(21-3)11-14(13(6-2)16(17)22-4)18(20)19-12-8-7-9-12/h1,11-12H,6-10H2,2-4H3,(H,19,20). The van der Waals surface area contributed by atoms with Crippen LogP contribution in [0.1, 0.15) is 42.1 Å². The number of methoxy groups -OCH3 is 2. The van der Waals surface area contributed by atoms with Crippen molar-refractivity contribution < 1.29 is 19.0 Å². The van der Waals surface area contributed by atoms with E-state index < -0.39 is 0 Å². The van der Waals surface area contributed by atoms with Crippen molar-refractivity contribution in [1.82, 2.24) is 5.32 Å². The van der Waals surface area contributed by atoms with Crippen LogP contribution in [0.25, 0.3) is 0 Å². The van der Waals surface area contributed by atoms with Gasteiger partial charge < -0.3 is 19.5 Å². The van der Waals surface area contributed by atoms with Gasteiger partial charge in [-0.25, -0.2) is 0 Å². The van der Waals surface area contributed by atoms with E-state index in [-0.39, 0.29) is 18.6 Å². The minimum Gasteiger partial charge on any atom is -0.493 e. The zero-order chi connectivity index (χ0) is 16.8. The summed E-state index contributed by atoms with van der Waals surface area (Å²) in [6, 6.07) is 1.96. The van der Waals surface area contributed by atoms with Crippen LogP contribution >= 0.6 is 0 Å². The van der Waals surface area contributed by atoms with Crippen LogP contribution in [0.4, 0.5) is 0 Å². The van der Waals surface area contributed by atoms with E-state index in [0.29, 0.717) is 29.2 Å².